The third kappa shape index (κ3) is 1.21. The van der Waals surface area contributed by atoms with Gasteiger partial charge in [0.15, 0.2) is 5.58 Å². The molecule has 0 aliphatic carbocycles. The van der Waals surface area contributed by atoms with Gasteiger partial charge in [0, 0.05) is 5.39 Å². The van der Waals surface area contributed by atoms with Crippen LogP contribution in [0.25, 0.3) is 11.0 Å². The van der Waals surface area contributed by atoms with Crippen molar-refractivity contribution < 1.29 is 17.6 Å². The van der Waals surface area contributed by atoms with Crippen LogP contribution in [0.1, 0.15) is 5.56 Å². The predicted octanol–water partition coefficient (Wildman–Crippen LogP) is 3.03. The summed E-state index contributed by atoms with van der Waals surface area (Å²) in [6.45, 7) is 0. The summed E-state index contributed by atoms with van der Waals surface area (Å²) in [5.74, 6) is 0. The van der Waals surface area contributed by atoms with Crippen molar-refractivity contribution in [1.29, 1.82) is 0 Å². The molecular weight excluding hydrogens is 195 g/mol. The smallest absolute Gasteiger partial charge is 0.417 e. The molecule has 0 saturated carbocycles. The van der Waals surface area contributed by atoms with Gasteiger partial charge < -0.3 is 10.2 Å². The zero-order valence-corrected chi connectivity index (χ0v) is 6.93. The van der Waals surface area contributed by atoms with Gasteiger partial charge in [-0.25, -0.2) is 0 Å². The van der Waals surface area contributed by atoms with E-state index in [-0.39, 0.29) is 16.7 Å². The van der Waals surface area contributed by atoms with Gasteiger partial charge in [-0.05, 0) is 18.2 Å². The minimum atomic E-state index is -4.38. The first-order chi connectivity index (χ1) is 6.50. The zero-order valence-electron chi connectivity index (χ0n) is 6.93. The van der Waals surface area contributed by atoms with Gasteiger partial charge in [0.25, 0.3) is 0 Å². The molecule has 0 atom stereocenters. The molecule has 0 saturated heterocycles. The van der Waals surface area contributed by atoms with E-state index >= 15 is 0 Å². The van der Waals surface area contributed by atoms with Gasteiger partial charge in [-0.1, -0.05) is 0 Å². The Kier molecular flexibility index (Phi) is 1.70. The van der Waals surface area contributed by atoms with E-state index in [1.54, 1.807) is 0 Å². The molecule has 0 amide bonds. The number of alkyl halides is 3. The van der Waals surface area contributed by atoms with Crippen molar-refractivity contribution >= 4 is 16.7 Å². The molecule has 14 heavy (non-hydrogen) atoms. The summed E-state index contributed by atoms with van der Waals surface area (Å²) in [6, 6.07) is 3.40. The zero-order chi connectivity index (χ0) is 10.3. The predicted molar refractivity (Wildman–Crippen MR) is 45.6 cm³/mol. The molecule has 0 aliphatic heterocycles. The topological polar surface area (TPSA) is 39.2 Å². The number of hydrogen-bond acceptors (Lipinski definition) is 2. The molecule has 74 valence electrons. The third-order valence-electron chi connectivity index (χ3n) is 1.95. The highest BCUT2D eigenvalue weighted by Gasteiger charge is 2.33. The largest absolute Gasteiger partial charge is 0.462 e. The van der Waals surface area contributed by atoms with E-state index in [2.05, 4.69) is 0 Å². The summed E-state index contributed by atoms with van der Waals surface area (Å²) < 4.78 is 42.2. The lowest BCUT2D eigenvalue weighted by molar-refractivity contribution is -0.136. The molecule has 0 aliphatic rings. The minimum Gasteiger partial charge on any atom is -0.462 e. The van der Waals surface area contributed by atoms with Crippen LogP contribution < -0.4 is 5.73 Å². The number of halogens is 3. The fourth-order valence-corrected chi connectivity index (χ4v) is 1.33. The van der Waals surface area contributed by atoms with Gasteiger partial charge in [-0.3, -0.25) is 0 Å². The summed E-state index contributed by atoms with van der Waals surface area (Å²) in [6.07, 6.45) is -3.19. The molecule has 0 unspecified atom stereocenters. The Bertz CT molecular complexity index is 472. The average molecular weight is 201 g/mol. The van der Waals surface area contributed by atoms with Crippen molar-refractivity contribution in [2.45, 2.75) is 6.18 Å². The van der Waals surface area contributed by atoms with Crippen LogP contribution >= 0.6 is 0 Å². The second kappa shape index (κ2) is 2.67. The van der Waals surface area contributed by atoms with Crippen molar-refractivity contribution in [3.05, 3.63) is 30.0 Å². The molecule has 0 spiro atoms. The molecule has 1 heterocycles. The molecule has 2 nitrogen and oxygen atoms in total. The lowest BCUT2D eigenvalue weighted by Gasteiger charge is -2.07. The number of fused-ring (bicyclic) bond motifs is 1. The molecule has 1 aromatic carbocycles. The molecule has 0 bridgehead atoms. The molecule has 2 N–H and O–H groups in total. The fraction of sp³-hybridized carbons (Fsp3) is 0.111. The molecule has 2 aromatic rings. The van der Waals surface area contributed by atoms with Crippen LogP contribution in [0.5, 0.6) is 0 Å². The maximum Gasteiger partial charge on any atom is 0.417 e. The SMILES string of the molecule is Nc1ccc(C(F)(F)F)c2ccoc12. The third-order valence-corrected chi connectivity index (χ3v) is 1.95. The first-order valence-corrected chi connectivity index (χ1v) is 3.83. The van der Waals surface area contributed by atoms with E-state index in [0.717, 1.165) is 6.07 Å². The summed E-state index contributed by atoms with van der Waals surface area (Å²) in [5, 5.41) is -0.00231. The summed E-state index contributed by atoms with van der Waals surface area (Å²) in [4.78, 5) is 0. The lowest BCUT2D eigenvalue weighted by Crippen LogP contribution is -2.05. The fourth-order valence-electron chi connectivity index (χ4n) is 1.33. The van der Waals surface area contributed by atoms with Crippen molar-refractivity contribution in [2.75, 3.05) is 5.73 Å². The lowest BCUT2D eigenvalue weighted by atomic mass is 10.1. The molecule has 0 fully saturated rings. The first-order valence-electron chi connectivity index (χ1n) is 3.83. The number of anilines is 1. The Morgan fingerprint density at radius 1 is 1.14 bits per heavy atom. The summed E-state index contributed by atoms with van der Waals surface area (Å²) in [7, 11) is 0. The molecule has 0 radical (unpaired) electrons. The highest BCUT2D eigenvalue weighted by atomic mass is 19.4. The van der Waals surface area contributed by atoms with Gasteiger partial charge in [0.1, 0.15) is 0 Å². The monoisotopic (exact) mass is 201 g/mol. The van der Waals surface area contributed by atoms with Crippen molar-refractivity contribution in [2.24, 2.45) is 0 Å². The van der Waals surface area contributed by atoms with Crippen LogP contribution in [-0.2, 0) is 6.18 Å². The van der Waals surface area contributed by atoms with E-state index in [9.17, 15) is 13.2 Å². The number of rotatable bonds is 0. The Morgan fingerprint density at radius 3 is 2.50 bits per heavy atom. The van der Waals surface area contributed by atoms with Gasteiger partial charge in [0.2, 0.25) is 0 Å². The van der Waals surface area contributed by atoms with Crippen molar-refractivity contribution in [3.63, 3.8) is 0 Å². The Balaban J connectivity index is 2.80. The maximum absolute atomic E-state index is 12.4. The second-order valence-corrected chi connectivity index (χ2v) is 2.86. The van der Waals surface area contributed by atoms with Crippen molar-refractivity contribution in [3.8, 4) is 0 Å². The Hall–Kier alpha value is -1.65. The van der Waals surface area contributed by atoms with Crippen LogP contribution in [-0.4, -0.2) is 0 Å². The van der Waals surface area contributed by atoms with Gasteiger partial charge >= 0.3 is 6.18 Å². The normalized spacial score (nSPS) is 12.2. The van der Waals surface area contributed by atoms with Crippen molar-refractivity contribution in [1.82, 2.24) is 0 Å². The summed E-state index contributed by atoms with van der Waals surface area (Å²) >= 11 is 0. The average Bonchev–Trinajstić information content (AvgIpc) is 2.50. The first kappa shape index (κ1) is 8.93. The molecule has 1 aromatic heterocycles. The quantitative estimate of drug-likeness (QED) is 0.665. The Morgan fingerprint density at radius 2 is 1.86 bits per heavy atom. The minimum absolute atomic E-state index is 0.00231. The van der Waals surface area contributed by atoms with E-state index in [4.69, 9.17) is 10.2 Å². The molecular formula is C9H6F3NO. The highest BCUT2D eigenvalue weighted by molar-refractivity contribution is 5.90. The van der Waals surface area contributed by atoms with Crippen LogP contribution in [0.4, 0.5) is 18.9 Å². The number of benzene rings is 1. The second-order valence-electron chi connectivity index (χ2n) is 2.86. The highest BCUT2D eigenvalue weighted by Crippen LogP contribution is 2.36. The van der Waals surface area contributed by atoms with Crippen LogP contribution in [0.2, 0.25) is 0 Å². The number of furan rings is 1. The van der Waals surface area contributed by atoms with Crippen LogP contribution in [0.3, 0.4) is 0 Å². The van der Waals surface area contributed by atoms with Gasteiger partial charge in [-0.2, -0.15) is 13.2 Å². The molecule has 2 rings (SSSR count). The van der Waals surface area contributed by atoms with Gasteiger partial charge in [-0.15, -0.1) is 0 Å². The van der Waals surface area contributed by atoms with Gasteiger partial charge in [0.05, 0.1) is 17.5 Å². The van der Waals surface area contributed by atoms with Crippen LogP contribution in [0, 0.1) is 0 Å². The number of nitrogen functional groups attached to an aromatic ring is 1. The Labute approximate surface area is 77.1 Å². The van der Waals surface area contributed by atoms with E-state index in [1.165, 1.54) is 18.4 Å². The number of nitrogens with two attached hydrogens (primary N) is 1. The van der Waals surface area contributed by atoms with Crippen LogP contribution in [0.15, 0.2) is 28.9 Å². The van der Waals surface area contributed by atoms with E-state index in [0.29, 0.717) is 0 Å². The standard InChI is InChI=1S/C9H6F3NO/c10-9(11,12)6-1-2-7(13)8-5(6)3-4-14-8/h1-4H,13H2. The van der Waals surface area contributed by atoms with E-state index < -0.39 is 11.7 Å². The number of hydrogen-bond donors (Lipinski definition) is 1. The molecule has 5 heteroatoms. The maximum atomic E-state index is 12.4. The summed E-state index contributed by atoms with van der Waals surface area (Å²) in [5.41, 5.74) is 5.01. The van der Waals surface area contributed by atoms with E-state index in [1.807, 2.05) is 0 Å².